The number of rotatable bonds is 2. The molecule has 0 aromatic heterocycles. The Morgan fingerprint density at radius 3 is 2.56 bits per heavy atom. The standard InChI is InChI=1S/C11H11NO4/c13-11-3-1-2-10(16-11)8-4-6-9(7-5-8)12(14)15/h4-7,10H,1-3H2/t10-/m1/s1. The molecule has 1 aromatic rings. The van der Waals surface area contributed by atoms with E-state index in [1.165, 1.54) is 12.1 Å². The van der Waals surface area contributed by atoms with E-state index in [9.17, 15) is 14.9 Å². The van der Waals surface area contributed by atoms with Crippen LogP contribution < -0.4 is 0 Å². The van der Waals surface area contributed by atoms with Crippen molar-refractivity contribution in [2.45, 2.75) is 25.4 Å². The van der Waals surface area contributed by atoms with Crippen LogP contribution in [0.2, 0.25) is 0 Å². The van der Waals surface area contributed by atoms with Crippen molar-refractivity contribution in [1.82, 2.24) is 0 Å². The smallest absolute Gasteiger partial charge is 0.306 e. The molecule has 5 heteroatoms. The third-order valence-electron chi connectivity index (χ3n) is 2.60. The number of hydrogen-bond donors (Lipinski definition) is 0. The van der Waals surface area contributed by atoms with Gasteiger partial charge < -0.3 is 4.74 Å². The summed E-state index contributed by atoms with van der Waals surface area (Å²) in [7, 11) is 0. The number of carbonyl (C=O) groups excluding carboxylic acids is 1. The quantitative estimate of drug-likeness (QED) is 0.436. The molecular formula is C11H11NO4. The maximum atomic E-state index is 11.1. The number of nitro groups is 1. The Labute approximate surface area is 92.2 Å². The van der Waals surface area contributed by atoms with Crippen LogP contribution in [-0.2, 0) is 9.53 Å². The van der Waals surface area contributed by atoms with Gasteiger partial charge in [-0.1, -0.05) is 0 Å². The summed E-state index contributed by atoms with van der Waals surface area (Å²) >= 11 is 0. The predicted molar refractivity (Wildman–Crippen MR) is 55.8 cm³/mol. The molecule has 1 atom stereocenters. The van der Waals surface area contributed by atoms with Crippen molar-refractivity contribution in [2.75, 3.05) is 0 Å². The Hall–Kier alpha value is -1.91. The van der Waals surface area contributed by atoms with Crippen molar-refractivity contribution in [2.24, 2.45) is 0 Å². The minimum absolute atomic E-state index is 0.0471. The van der Waals surface area contributed by atoms with E-state index in [2.05, 4.69) is 0 Å². The van der Waals surface area contributed by atoms with Gasteiger partial charge in [-0.3, -0.25) is 14.9 Å². The first-order valence-electron chi connectivity index (χ1n) is 5.10. The molecule has 0 radical (unpaired) electrons. The summed E-state index contributed by atoms with van der Waals surface area (Å²) in [6.45, 7) is 0. The third-order valence-corrected chi connectivity index (χ3v) is 2.60. The molecule has 1 aliphatic heterocycles. The van der Waals surface area contributed by atoms with E-state index >= 15 is 0 Å². The molecule has 1 aromatic carbocycles. The number of nitrogens with zero attached hydrogens (tertiary/aromatic N) is 1. The second-order valence-electron chi connectivity index (χ2n) is 3.72. The van der Waals surface area contributed by atoms with Gasteiger partial charge in [0.15, 0.2) is 0 Å². The number of carbonyl (C=O) groups is 1. The van der Waals surface area contributed by atoms with Crippen LogP contribution in [0.1, 0.15) is 30.9 Å². The van der Waals surface area contributed by atoms with Gasteiger partial charge in [0.2, 0.25) is 0 Å². The largest absolute Gasteiger partial charge is 0.457 e. The highest BCUT2D eigenvalue weighted by atomic mass is 16.6. The molecular weight excluding hydrogens is 210 g/mol. The second-order valence-corrected chi connectivity index (χ2v) is 3.72. The zero-order valence-corrected chi connectivity index (χ0v) is 8.59. The normalized spacial score (nSPS) is 20.2. The van der Waals surface area contributed by atoms with Gasteiger partial charge in [0.05, 0.1) is 4.92 Å². The van der Waals surface area contributed by atoms with Crippen LogP contribution in [0.3, 0.4) is 0 Å². The number of esters is 1. The number of hydrogen-bond acceptors (Lipinski definition) is 4. The highest BCUT2D eigenvalue weighted by molar-refractivity contribution is 5.70. The predicted octanol–water partition coefficient (Wildman–Crippen LogP) is 2.36. The SMILES string of the molecule is O=C1CCC[C@H](c2ccc([N+](=O)[O-])cc2)O1. The number of non-ortho nitro benzene ring substituents is 1. The lowest BCUT2D eigenvalue weighted by Gasteiger charge is -2.22. The monoisotopic (exact) mass is 221 g/mol. The molecule has 5 nitrogen and oxygen atoms in total. The second kappa shape index (κ2) is 4.30. The molecule has 0 saturated carbocycles. The van der Waals surface area contributed by atoms with Crippen molar-refractivity contribution >= 4 is 11.7 Å². The van der Waals surface area contributed by atoms with Crippen molar-refractivity contribution in [3.63, 3.8) is 0 Å². The van der Waals surface area contributed by atoms with E-state index in [-0.39, 0.29) is 17.8 Å². The molecule has 1 heterocycles. The first-order valence-corrected chi connectivity index (χ1v) is 5.10. The summed E-state index contributed by atoms with van der Waals surface area (Å²) in [5, 5.41) is 10.5. The Bertz CT molecular complexity index is 412. The maximum absolute atomic E-state index is 11.1. The van der Waals surface area contributed by atoms with Gasteiger partial charge in [0.1, 0.15) is 6.10 Å². The average Bonchev–Trinajstić information content (AvgIpc) is 2.29. The van der Waals surface area contributed by atoms with E-state index in [1.54, 1.807) is 12.1 Å². The van der Waals surface area contributed by atoms with Crippen molar-refractivity contribution < 1.29 is 14.5 Å². The van der Waals surface area contributed by atoms with Crippen molar-refractivity contribution in [3.05, 3.63) is 39.9 Å². The summed E-state index contributed by atoms with van der Waals surface area (Å²) in [4.78, 5) is 21.1. The van der Waals surface area contributed by atoms with Crippen LogP contribution in [0, 0.1) is 10.1 Å². The van der Waals surface area contributed by atoms with Crippen LogP contribution in [0.15, 0.2) is 24.3 Å². The molecule has 0 unspecified atom stereocenters. The van der Waals surface area contributed by atoms with E-state index in [0.29, 0.717) is 6.42 Å². The fourth-order valence-electron chi connectivity index (χ4n) is 1.75. The molecule has 0 bridgehead atoms. The summed E-state index contributed by atoms with van der Waals surface area (Å²) in [5.74, 6) is -0.199. The molecule has 1 aliphatic rings. The number of ether oxygens (including phenoxy) is 1. The van der Waals surface area contributed by atoms with E-state index < -0.39 is 4.92 Å². The van der Waals surface area contributed by atoms with Crippen molar-refractivity contribution in [3.8, 4) is 0 Å². The van der Waals surface area contributed by atoms with Crippen LogP contribution in [0.4, 0.5) is 5.69 Å². The molecule has 1 fully saturated rings. The van der Waals surface area contributed by atoms with Crippen LogP contribution in [0.5, 0.6) is 0 Å². The van der Waals surface area contributed by atoms with E-state index in [1.807, 2.05) is 0 Å². The van der Waals surface area contributed by atoms with Gasteiger partial charge >= 0.3 is 5.97 Å². The number of nitro benzene ring substituents is 1. The molecule has 0 N–H and O–H groups in total. The van der Waals surface area contributed by atoms with Gasteiger partial charge in [0, 0.05) is 18.6 Å². The number of cyclic esters (lactones) is 1. The topological polar surface area (TPSA) is 69.4 Å². The van der Waals surface area contributed by atoms with Gasteiger partial charge in [-0.2, -0.15) is 0 Å². The van der Waals surface area contributed by atoms with Gasteiger partial charge in [-0.15, -0.1) is 0 Å². The van der Waals surface area contributed by atoms with Gasteiger partial charge in [0.25, 0.3) is 5.69 Å². The Morgan fingerprint density at radius 2 is 2.00 bits per heavy atom. The maximum Gasteiger partial charge on any atom is 0.306 e. The molecule has 0 amide bonds. The molecule has 84 valence electrons. The summed E-state index contributed by atoms with van der Waals surface area (Å²) in [6.07, 6.45) is 1.80. The fraction of sp³-hybridized carbons (Fsp3) is 0.364. The lowest BCUT2D eigenvalue weighted by Crippen LogP contribution is -2.16. The highest BCUT2D eigenvalue weighted by Gasteiger charge is 2.22. The number of benzene rings is 1. The summed E-state index contributed by atoms with van der Waals surface area (Å²) in [5.41, 5.74) is 0.865. The fourth-order valence-corrected chi connectivity index (χ4v) is 1.75. The minimum atomic E-state index is -0.448. The lowest BCUT2D eigenvalue weighted by molar-refractivity contribution is -0.384. The zero-order chi connectivity index (χ0) is 11.5. The van der Waals surface area contributed by atoms with Crippen LogP contribution in [0.25, 0.3) is 0 Å². The molecule has 2 rings (SSSR count). The van der Waals surface area contributed by atoms with Crippen LogP contribution >= 0.6 is 0 Å². The van der Waals surface area contributed by atoms with Gasteiger partial charge in [-0.05, 0) is 30.5 Å². The van der Waals surface area contributed by atoms with E-state index in [0.717, 1.165) is 18.4 Å². The Kier molecular flexibility index (Phi) is 2.85. The molecule has 16 heavy (non-hydrogen) atoms. The van der Waals surface area contributed by atoms with E-state index in [4.69, 9.17) is 4.74 Å². The average molecular weight is 221 g/mol. The zero-order valence-electron chi connectivity index (χ0n) is 8.59. The first-order chi connectivity index (χ1) is 7.66. The van der Waals surface area contributed by atoms with Crippen molar-refractivity contribution in [1.29, 1.82) is 0 Å². The van der Waals surface area contributed by atoms with Gasteiger partial charge in [-0.25, -0.2) is 0 Å². The molecule has 0 spiro atoms. The minimum Gasteiger partial charge on any atom is -0.457 e. The third kappa shape index (κ3) is 2.18. The summed E-state index contributed by atoms with van der Waals surface area (Å²) < 4.78 is 5.16. The first kappa shape index (κ1) is 10.6. The summed E-state index contributed by atoms with van der Waals surface area (Å²) in [6, 6.07) is 6.14. The highest BCUT2D eigenvalue weighted by Crippen LogP contribution is 2.29. The molecule has 1 saturated heterocycles. The molecule has 0 aliphatic carbocycles. The Balaban J connectivity index is 2.14. The van der Waals surface area contributed by atoms with Crippen LogP contribution in [-0.4, -0.2) is 10.9 Å². The lowest BCUT2D eigenvalue weighted by atomic mass is 10.0. The Morgan fingerprint density at radius 1 is 1.31 bits per heavy atom.